The summed E-state index contributed by atoms with van der Waals surface area (Å²) < 4.78 is 53.7. The van der Waals surface area contributed by atoms with Crippen LogP contribution in [-0.2, 0) is 16.6 Å². The average molecular weight is 470 g/mol. The molecule has 0 aromatic carbocycles. The maximum absolute atomic E-state index is 13.1. The van der Waals surface area contributed by atoms with Crippen LogP contribution < -0.4 is 10.6 Å². The van der Waals surface area contributed by atoms with E-state index in [4.69, 9.17) is 10.8 Å². The van der Waals surface area contributed by atoms with Gasteiger partial charge in [0, 0.05) is 43.8 Å². The van der Waals surface area contributed by atoms with Crippen molar-refractivity contribution in [2.75, 3.05) is 36.9 Å². The summed E-state index contributed by atoms with van der Waals surface area (Å²) in [6.45, 7) is 1.01. The number of nitrogens with two attached hydrogens (primary N) is 1. The summed E-state index contributed by atoms with van der Waals surface area (Å²) in [5.41, 5.74) is 1.97. The molecule has 0 aliphatic carbocycles. The third-order valence-corrected chi connectivity index (χ3v) is 6.34. The number of rotatable bonds is 4. The second-order valence-electron chi connectivity index (χ2n) is 7.09. The zero-order chi connectivity index (χ0) is 23.5. The third-order valence-electron chi connectivity index (χ3n) is 4.90. The molecule has 2 aromatic rings. The topological polar surface area (TPSA) is 129 Å². The third kappa shape index (κ3) is 4.99. The molecule has 0 saturated carbocycles. The molecule has 13 heteroatoms. The first kappa shape index (κ1) is 23.9. The van der Waals surface area contributed by atoms with Gasteiger partial charge in [-0.1, -0.05) is 11.8 Å². The highest BCUT2D eigenvalue weighted by Crippen LogP contribution is 2.38. The Bertz CT molecular complexity index is 1020. The lowest BCUT2D eigenvalue weighted by atomic mass is 9.99. The molecule has 3 heterocycles. The number of pyridine rings is 1. The predicted octanol–water partition coefficient (Wildman–Crippen LogP) is 0.433. The van der Waals surface area contributed by atoms with Crippen molar-refractivity contribution in [3.05, 3.63) is 36.3 Å². The molecule has 32 heavy (non-hydrogen) atoms. The van der Waals surface area contributed by atoms with Gasteiger partial charge in [-0.2, -0.15) is 13.2 Å². The second kappa shape index (κ2) is 9.37. The molecule has 0 bridgehead atoms. The minimum Gasteiger partial charge on any atom is -0.384 e. The number of halogens is 3. The van der Waals surface area contributed by atoms with E-state index in [1.807, 2.05) is 0 Å². The van der Waals surface area contributed by atoms with Crippen molar-refractivity contribution in [1.29, 1.82) is 0 Å². The number of alkyl halides is 3. The van der Waals surface area contributed by atoms with E-state index in [0.29, 0.717) is 24.2 Å². The lowest BCUT2D eigenvalue weighted by molar-refractivity contribution is -0.259. The molecule has 2 aromatic heterocycles. The van der Waals surface area contributed by atoms with Crippen LogP contribution in [0.2, 0.25) is 0 Å². The van der Waals surface area contributed by atoms with E-state index in [1.54, 1.807) is 15.3 Å². The number of nitrogen functional groups attached to an aromatic ring is 1. The number of hydrogen-bond acceptors (Lipinski definition) is 8. The van der Waals surface area contributed by atoms with E-state index in [1.165, 1.54) is 12.3 Å². The fourth-order valence-electron chi connectivity index (χ4n) is 2.96. The van der Waals surface area contributed by atoms with Gasteiger partial charge in [-0.05, 0) is 19.1 Å². The SMILES string of the molecule is CC(O)(c1cnc(N2CCN(S(=O)c3ccc(N)nc3)CC2C#CCO)nc1)C(F)(F)F. The Morgan fingerprint density at radius 2 is 1.91 bits per heavy atom. The van der Waals surface area contributed by atoms with Gasteiger partial charge in [0.15, 0.2) is 5.60 Å². The largest absolute Gasteiger partial charge is 0.421 e. The molecule has 0 spiro atoms. The number of anilines is 2. The molecule has 3 atom stereocenters. The highest BCUT2D eigenvalue weighted by Gasteiger charge is 2.51. The molecular weight excluding hydrogens is 449 g/mol. The van der Waals surface area contributed by atoms with Crippen LogP contribution in [0.5, 0.6) is 0 Å². The highest BCUT2D eigenvalue weighted by atomic mass is 32.2. The number of aliphatic hydroxyl groups is 2. The van der Waals surface area contributed by atoms with Crippen molar-refractivity contribution in [2.24, 2.45) is 0 Å². The molecule has 3 unspecified atom stereocenters. The molecule has 1 aliphatic heterocycles. The predicted molar refractivity (Wildman–Crippen MR) is 110 cm³/mol. The molecule has 172 valence electrons. The molecule has 4 N–H and O–H groups in total. The number of nitrogens with zero attached hydrogens (tertiary/aromatic N) is 5. The van der Waals surface area contributed by atoms with E-state index in [9.17, 15) is 22.5 Å². The smallest absolute Gasteiger partial charge is 0.384 e. The summed E-state index contributed by atoms with van der Waals surface area (Å²) >= 11 is 0. The van der Waals surface area contributed by atoms with Gasteiger partial charge in [0.2, 0.25) is 5.95 Å². The summed E-state index contributed by atoms with van der Waals surface area (Å²) in [7, 11) is -1.54. The van der Waals surface area contributed by atoms with Gasteiger partial charge in [0.25, 0.3) is 0 Å². The summed E-state index contributed by atoms with van der Waals surface area (Å²) in [6.07, 6.45) is -1.64. The second-order valence-corrected chi connectivity index (χ2v) is 8.57. The lowest BCUT2D eigenvalue weighted by Crippen LogP contribution is -2.53. The minimum absolute atomic E-state index is 0.101. The quantitative estimate of drug-likeness (QED) is 0.549. The fraction of sp³-hybridized carbons (Fsp3) is 0.421. The molecule has 1 fully saturated rings. The van der Waals surface area contributed by atoms with E-state index in [-0.39, 0.29) is 19.0 Å². The van der Waals surface area contributed by atoms with E-state index in [2.05, 4.69) is 26.8 Å². The minimum atomic E-state index is -4.89. The Kier molecular flexibility index (Phi) is 6.99. The summed E-state index contributed by atoms with van der Waals surface area (Å²) in [5, 5.41) is 18.9. The molecule has 1 aliphatic rings. The van der Waals surface area contributed by atoms with Crippen molar-refractivity contribution >= 4 is 22.8 Å². The first-order valence-electron chi connectivity index (χ1n) is 9.40. The van der Waals surface area contributed by atoms with Crippen molar-refractivity contribution in [2.45, 2.75) is 29.6 Å². The maximum Gasteiger partial charge on any atom is 0.421 e. The maximum atomic E-state index is 13.1. The van der Waals surface area contributed by atoms with Gasteiger partial charge in [0.1, 0.15) is 29.5 Å². The highest BCUT2D eigenvalue weighted by molar-refractivity contribution is 7.82. The van der Waals surface area contributed by atoms with Crippen LogP contribution in [0.3, 0.4) is 0 Å². The van der Waals surface area contributed by atoms with Crippen molar-refractivity contribution in [3.63, 3.8) is 0 Å². The van der Waals surface area contributed by atoms with Crippen molar-refractivity contribution in [3.8, 4) is 11.8 Å². The van der Waals surface area contributed by atoms with Crippen LogP contribution >= 0.6 is 0 Å². The number of hydrogen-bond donors (Lipinski definition) is 3. The van der Waals surface area contributed by atoms with Crippen LogP contribution in [0.15, 0.2) is 35.6 Å². The summed E-state index contributed by atoms with van der Waals surface area (Å²) in [6, 6.07) is 2.56. The first-order chi connectivity index (χ1) is 15.0. The van der Waals surface area contributed by atoms with Crippen LogP contribution in [-0.4, -0.2) is 72.1 Å². The molecule has 0 amide bonds. The summed E-state index contributed by atoms with van der Waals surface area (Å²) in [5.74, 6) is 5.78. The zero-order valence-corrected chi connectivity index (χ0v) is 17.8. The van der Waals surface area contributed by atoms with E-state index >= 15 is 0 Å². The Morgan fingerprint density at radius 3 is 2.47 bits per heavy atom. The van der Waals surface area contributed by atoms with Crippen LogP contribution in [0.1, 0.15) is 12.5 Å². The van der Waals surface area contributed by atoms with Crippen molar-refractivity contribution < 1.29 is 27.6 Å². The average Bonchev–Trinajstić information content (AvgIpc) is 2.77. The van der Waals surface area contributed by atoms with Gasteiger partial charge in [-0.3, -0.25) is 0 Å². The Balaban J connectivity index is 1.81. The van der Waals surface area contributed by atoms with Gasteiger partial charge in [-0.25, -0.2) is 23.5 Å². The van der Waals surface area contributed by atoms with Crippen LogP contribution in [0.4, 0.5) is 24.9 Å². The molecule has 3 rings (SSSR count). The van der Waals surface area contributed by atoms with Crippen LogP contribution in [0.25, 0.3) is 0 Å². The summed E-state index contributed by atoms with van der Waals surface area (Å²) in [4.78, 5) is 14.0. The molecule has 0 radical (unpaired) electrons. The standard InChI is InChI=1S/C19H21F3N6O3S/c1-18(30,19(20,21)22)13-9-25-17(26-10-13)28-7-6-27(12-14(28)3-2-8-29)32(31)15-4-5-16(23)24-11-15/h4-5,9-11,14,29-30H,6-8,12H2,1H3,(H2,23,24). The van der Waals surface area contributed by atoms with E-state index in [0.717, 1.165) is 12.4 Å². The zero-order valence-electron chi connectivity index (χ0n) is 17.0. The van der Waals surface area contributed by atoms with Gasteiger partial charge < -0.3 is 20.8 Å². The Morgan fingerprint density at radius 1 is 1.22 bits per heavy atom. The lowest BCUT2D eigenvalue weighted by Gasteiger charge is -2.38. The van der Waals surface area contributed by atoms with Gasteiger partial charge in [0.05, 0.1) is 4.90 Å². The number of piperazine rings is 1. The Labute approximate surface area is 184 Å². The number of aromatic nitrogens is 3. The molecular formula is C19H21F3N6O3S. The monoisotopic (exact) mass is 470 g/mol. The van der Waals surface area contributed by atoms with Crippen molar-refractivity contribution in [1.82, 2.24) is 19.3 Å². The normalized spacial score (nSPS) is 20.2. The first-order valence-corrected chi connectivity index (χ1v) is 10.5. The van der Waals surface area contributed by atoms with E-state index < -0.39 is 41.0 Å². The molecule has 1 saturated heterocycles. The van der Waals surface area contributed by atoms with Gasteiger partial charge >= 0.3 is 6.18 Å². The number of aliphatic hydroxyl groups excluding tert-OH is 1. The fourth-order valence-corrected chi connectivity index (χ4v) is 4.11. The van der Waals surface area contributed by atoms with Crippen LogP contribution in [0, 0.1) is 11.8 Å². The molecule has 9 nitrogen and oxygen atoms in total. The Hall–Kier alpha value is -2.79. The van der Waals surface area contributed by atoms with Gasteiger partial charge in [-0.15, -0.1) is 0 Å².